The molecule has 1 aromatic rings. The van der Waals surface area contributed by atoms with Gasteiger partial charge in [0.1, 0.15) is 5.82 Å². The highest BCUT2D eigenvalue weighted by molar-refractivity contribution is 5.81. The maximum atomic E-state index is 13.3. The van der Waals surface area contributed by atoms with Crippen molar-refractivity contribution in [1.29, 1.82) is 0 Å². The molecule has 3 rings (SSSR count). The van der Waals surface area contributed by atoms with E-state index < -0.39 is 0 Å². The summed E-state index contributed by atoms with van der Waals surface area (Å²) in [6, 6.07) is 6.69. The lowest BCUT2D eigenvalue weighted by Crippen LogP contribution is -2.51. The Balaban J connectivity index is 1.80. The number of rotatable bonds is 2. The minimum absolute atomic E-state index is 0.0637. The lowest BCUT2D eigenvalue weighted by Gasteiger charge is -2.33. The molecule has 0 saturated carbocycles. The molecule has 2 aliphatic rings. The number of carbonyl (C=O) groups is 1. The summed E-state index contributed by atoms with van der Waals surface area (Å²) in [4.78, 5) is 14.2. The Morgan fingerprint density at radius 2 is 2.22 bits per heavy atom. The van der Waals surface area contributed by atoms with Crippen molar-refractivity contribution in [3.05, 3.63) is 35.6 Å². The number of hydrogen-bond acceptors (Lipinski definition) is 2. The van der Waals surface area contributed by atoms with Gasteiger partial charge in [0.2, 0.25) is 5.91 Å². The highest BCUT2D eigenvalue weighted by Gasteiger charge is 2.36. The molecule has 0 spiro atoms. The first-order valence-corrected chi connectivity index (χ1v) is 6.52. The Morgan fingerprint density at radius 1 is 1.39 bits per heavy atom. The van der Waals surface area contributed by atoms with Crippen LogP contribution in [0.3, 0.4) is 0 Å². The first-order valence-electron chi connectivity index (χ1n) is 6.52. The van der Waals surface area contributed by atoms with Crippen LogP contribution in [0.15, 0.2) is 24.3 Å². The summed E-state index contributed by atoms with van der Waals surface area (Å²) in [6.45, 7) is 2.37. The molecule has 2 heterocycles. The lowest BCUT2D eigenvalue weighted by atomic mass is 9.99. The standard InChI is InChI=1S/C14H17FN2O/c15-12-4-1-3-10(7-12)13-5-2-6-17(13)14(18)11-8-16-9-11/h1,3-4,7,11,13,16H,2,5-6,8-9H2. The van der Waals surface area contributed by atoms with Gasteiger partial charge in [-0.1, -0.05) is 12.1 Å². The number of likely N-dealkylation sites (tertiary alicyclic amines) is 1. The van der Waals surface area contributed by atoms with Crippen molar-refractivity contribution in [2.75, 3.05) is 19.6 Å². The molecule has 0 radical (unpaired) electrons. The maximum Gasteiger partial charge on any atom is 0.228 e. The van der Waals surface area contributed by atoms with Crippen LogP contribution in [0.2, 0.25) is 0 Å². The van der Waals surface area contributed by atoms with Gasteiger partial charge in [0.15, 0.2) is 0 Å². The fourth-order valence-corrected chi connectivity index (χ4v) is 2.79. The molecule has 18 heavy (non-hydrogen) atoms. The van der Waals surface area contributed by atoms with Gasteiger partial charge < -0.3 is 10.2 Å². The summed E-state index contributed by atoms with van der Waals surface area (Å²) >= 11 is 0. The Kier molecular flexibility index (Phi) is 3.04. The van der Waals surface area contributed by atoms with Gasteiger partial charge in [-0.25, -0.2) is 4.39 Å². The Hall–Kier alpha value is -1.42. The van der Waals surface area contributed by atoms with Gasteiger partial charge in [-0.05, 0) is 30.5 Å². The second-order valence-electron chi connectivity index (χ2n) is 5.10. The molecule has 0 aliphatic carbocycles. The zero-order chi connectivity index (χ0) is 12.5. The normalized spacial score (nSPS) is 24.1. The number of nitrogens with zero attached hydrogens (tertiary/aromatic N) is 1. The fourth-order valence-electron chi connectivity index (χ4n) is 2.79. The molecule has 2 saturated heterocycles. The van der Waals surface area contributed by atoms with E-state index in [0.717, 1.165) is 38.0 Å². The van der Waals surface area contributed by atoms with E-state index in [4.69, 9.17) is 0 Å². The molecule has 1 atom stereocenters. The summed E-state index contributed by atoms with van der Waals surface area (Å²) < 4.78 is 13.3. The lowest BCUT2D eigenvalue weighted by molar-refractivity contribution is -0.138. The highest BCUT2D eigenvalue weighted by atomic mass is 19.1. The van der Waals surface area contributed by atoms with E-state index in [9.17, 15) is 9.18 Å². The molecular weight excluding hydrogens is 231 g/mol. The van der Waals surface area contributed by atoms with Crippen LogP contribution in [0.25, 0.3) is 0 Å². The summed E-state index contributed by atoms with van der Waals surface area (Å²) in [6.07, 6.45) is 1.95. The number of halogens is 1. The SMILES string of the molecule is O=C(C1CNC1)N1CCCC1c1cccc(F)c1. The van der Waals surface area contributed by atoms with E-state index in [1.807, 2.05) is 11.0 Å². The third-order valence-corrected chi connectivity index (χ3v) is 3.90. The number of nitrogens with one attached hydrogen (secondary N) is 1. The number of amides is 1. The van der Waals surface area contributed by atoms with Crippen LogP contribution in [0, 0.1) is 11.7 Å². The van der Waals surface area contributed by atoms with Gasteiger partial charge in [-0.2, -0.15) is 0 Å². The maximum absolute atomic E-state index is 13.3. The molecular formula is C14H17FN2O. The van der Waals surface area contributed by atoms with E-state index in [-0.39, 0.29) is 23.7 Å². The van der Waals surface area contributed by atoms with Gasteiger partial charge in [-0.15, -0.1) is 0 Å². The fraction of sp³-hybridized carbons (Fsp3) is 0.500. The van der Waals surface area contributed by atoms with Crippen molar-refractivity contribution >= 4 is 5.91 Å². The van der Waals surface area contributed by atoms with Crippen molar-refractivity contribution in [2.24, 2.45) is 5.92 Å². The Bertz CT molecular complexity index is 459. The first kappa shape index (κ1) is 11.7. The van der Waals surface area contributed by atoms with Crippen LogP contribution in [0.5, 0.6) is 0 Å². The average Bonchev–Trinajstić information content (AvgIpc) is 2.75. The van der Waals surface area contributed by atoms with Crippen LogP contribution >= 0.6 is 0 Å². The molecule has 2 fully saturated rings. The number of benzene rings is 1. The summed E-state index contributed by atoms with van der Waals surface area (Å²) in [5.74, 6) is 0.122. The van der Waals surface area contributed by atoms with Crippen molar-refractivity contribution in [3.8, 4) is 0 Å². The third kappa shape index (κ3) is 2.01. The van der Waals surface area contributed by atoms with Crippen molar-refractivity contribution in [1.82, 2.24) is 10.2 Å². The highest BCUT2D eigenvalue weighted by Crippen LogP contribution is 2.33. The molecule has 1 aromatic carbocycles. The van der Waals surface area contributed by atoms with Crippen molar-refractivity contribution in [3.63, 3.8) is 0 Å². The van der Waals surface area contributed by atoms with Crippen molar-refractivity contribution in [2.45, 2.75) is 18.9 Å². The molecule has 4 heteroatoms. The van der Waals surface area contributed by atoms with E-state index in [1.54, 1.807) is 12.1 Å². The monoisotopic (exact) mass is 248 g/mol. The van der Waals surface area contributed by atoms with Crippen molar-refractivity contribution < 1.29 is 9.18 Å². The van der Waals surface area contributed by atoms with Crippen LogP contribution in [-0.2, 0) is 4.79 Å². The van der Waals surface area contributed by atoms with Crippen LogP contribution < -0.4 is 5.32 Å². The molecule has 1 unspecified atom stereocenters. The van der Waals surface area contributed by atoms with Crippen LogP contribution in [0.1, 0.15) is 24.4 Å². The van der Waals surface area contributed by atoms with Crippen LogP contribution in [0.4, 0.5) is 4.39 Å². The molecule has 96 valence electrons. The average molecular weight is 248 g/mol. The zero-order valence-corrected chi connectivity index (χ0v) is 10.2. The first-order chi connectivity index (χ1) is 8.75. The quantitative estimate of drug-likeness (QED) is 0.864. The summed E-state index contributed by atoms with van der Waals surface area (Å²) in [5.41, 5.74) is 0.924. The van der Waals surface area contributed by atoms with E-state index in [1.165, 1.54) is 6.07 Å². The van der Waals surface area contributed by atoms with Gasteiger partial charge >= 0.3 is 0 Å². The van der Waals surface area contributed by atoms with Gasteiger partial charge in [0.05, 0.1) is 12.0 Å². The summed E-state index contributed by atoms with van der Waals surface area (Å²) in [7, 11) is 0. The predicted molar refractivity (Wildman–Crippen MR) is 66.4 cm³/mol. The smallest absolute Gasteiger partial charge is 0.228 e. The largest absolute Gasteiger partial charge is 0.335 e. The predicted octanol–water partition coefficient (Wildman–Crippen LogP) is 1.71. The van der Waals surface area contributed by atoms with Gasteiger partial charge in [0, 0.05) is 19.6 Å². The third-order valence-electron chi connectivity index (χ3n) is 3.90. The molecule has 0 bridgehead atoms. The zero-order valence-electron chi connectivity index (χ0n) is 10.2. The van der Waals surface area contributed by atoms with Gasteiger partial charge in [0.25, 0.3) is 0 Å². The molecule has 1 N–H and O–H groups in total. The Morgan fingerprint density at radius 3 is 2.89 bits per heavy atom. The van der Waals surface area contributed by atoms with E-state index in [0.29, 0.717) is 0 Å². The van der Waals surface area contributed by atoms with Crippen LogP contribution in [-0.4, -0.2) is 30.4 Å². The number of hydrogen-bond donors (Lipinski definition) is 1. The summed E-state index contributed by atoms with van der Waals surface area (Å²) in [5, 5.41) is 3.12. The molecule has 0 aromatic heterocycles. The molecule has 3 nitrogen and oxygen atoms in total. The van der Waals surface area contributed by atoms with E-state index >= 15 is 0 Å². The Labute approximate surface area is 106 Å². The second kappa shape index (κ2) is 4.69. The molecule has 2 aliphatic heterocycles. The van der Waals surface area contributed by atoms with Gasteiger partial charge in [-0.3, -0.25) is 4.79 Å². The number of carbonyl (C=O) groups excluding carboxylic acids is 1. The minimum atomic E-state index is -0.225. The minimum Gasteiger partial charge on any atom is -0.335 e. The van der Waals surface area contributed by atoms with E-state index in [2.05, 4.69) is 5.32 Å². The topological polar surface area (TPSA) is 32.3 Å². The molecule has 1 amide bonds. The second-order valence-corrected chi connectivity index (χ2v) is 5.10.